The number of hydrogen-bond acceptors (Lipinski definition) is 5. The average molecular weight is 642 g/mol. The first-order valence-electron chi connectivity index (χ1n) is 14.0. The molecule has 7 nitrogen and oxygen atoms in total. The molecular weight excluding hydrogens is 611 g/mol. The topological polar surface area (TPSA) is 88.7 Å². The second-order valence-corrected chi connectivity index (χ2v) is 10.5. The number of carbonyl (C=O) groups is 2. The summed E-state index contributed by atoms with van der Waals surface area (Å²) in [5, 5.41) is 7.34. The van der Waals surface area contributed by atoms with Crippen molar-refractivity contribution < 1.29 is 49.8 Å². The van der Waals surface area contributed by atoms with Crippen LogP contribution >= 0.6 is 0 Å². The van der Waals surface area contributed by atoms with Gasteiger partial charge >= 0.3 is 12.3 Å². The summed E-state index contributed by atoms with van der Waals surface area (Å²) in [6, 6.07) is 11.8. The Balaban J connectivity index is 1.34. The average Bonchev–Trinajstić information content (AvgIpc) is 2.98. The van der Waals surface area contributed by atoms with Crippen molar-refractivity contribution >= 4 is 17.7 Å². The van der Waals surface area contributed by atoms with E-state index in [1.54, 1.807) is 5.32 Å². The number of halogens is 7. The lowest BCUT2D eigenvalue weighted by atomic mass is 9.87. The van der Waals surface area contributed by atoms with Gasteiger partial charge in [-0.05, 0) is 54.3 Å². The van der Waals surface area contributed by atoms with E-state index in [4.69, 9.17) is 9.47 Å². The molecule has 1 heterocycles. The fraction of sp³-hybridized carbons (Fsp3) is 0.355. The van der Waals surface area contributed by atoms with Gasteiger partial charge in [0.15, 0.2) is 0 Å². The molecule has 0 aliphatic carbocycles. The lowest BCUT2D eigenvalue weighted by Crippen LogP contribution is -2.49. The fourth-order valence-electron chi connectivity index (χ4n) is 4.87. The standard InChI is InChI=1S/C31H30F7N3O4/c32-19-6-4-18(5-7-19)25(23-10-8-20(33)12-27(23)35)13-29(42)41-28-3-1-2-26(34)24(28)11-9-22-14-39-21(15-44-22)16-45-30(43)40-17-31(36,37)38/h1-8,10,12,21-22,25,39H,9,11,13-17H2,(H,40,43)(H,41,42)/t21-,22+,25-/m0/s1. The quantitative estimate of drug-likeness (QED) is 0.224. The van der Waals surface area contributed by atoms with Crippen LogP contribution in [0.5, 0.6) is 0 Å². The largest absolute Gasteiger partial charge is 0.448 e. The molecule has 14 heteroatoms. The van der Waals surface area contributed by atoms with E-state index in [1.165, 1.54) is 48.5 Å². The number of rotatable bonds is 11. The molecule has 1 aliphatic heterocycles. The van der Waals surface area contributed by atoms with Crippen molar-refractivity contribution in [3.8, 4) is 0 Å². The van der Waals surface area contributed by atoms with Crippen molar-refractivity contribution in [2.45, 2.75) is 43.5 Å². The number of benzene rings is 3. The van der Waals surface area contributed by atoms with Crippen LogP contribution in [0.4, 0.5) is 41.2 Å². The van der Waals surface area contributed by atoms with E-state index in [1.807, 2.05) is 0 Å². The number of amides is 2. The van der Waals surface area contributed by atoms with Gasteiger partial charge in [-0.2, -0.15) is 13.2 Å². The maximum Gasteiger partial charge on any atom is 0.407 e. The molecule has 0 radical (unpaired) electrons. The van der Waals surface area contributed by atoms with Crippen LogP contribution in [-0.2, 0) is 20.7 Å². The van der Waals surface area contributed by atoms with Gasteiger partial charge in [0, 0.05) is 36.2 Å². The molecule has 45 heavy (non-hydrogen) atoms. The maximum absolute atomic E-state index is 14.9. The number of ether oxygens (including phenoxy) is 2. The predicted octanol–water partition coefficient (Wildman–Crippen LogP) is 5.98. The van der Waals surface area contributed by atoms with E-state index in [0.717, 1.165) is 6.07 Å². The van der Waals surface area contributed by atoms with Crippen LogP contribution in [0.2, 0.25) is 0 Å². The van der Waals surface area contributed by atoms with Gasteiger partial charge in [-0.15, -0.1) is 0 Å². The number of carbonyl (C=O) groups excluding carboxylic acids is 2. The monoisotopic (exact) mass is 641 g/mol. The Labute approximate surface area is 254 Å². The Morgan fingerprint density at radius 1 is 0.978 bits per heavy atom. The highest BCUT2D eigenvalue weighted by atomic mass is 19.4. The minimum atomic E-state index is -4.56. The molecule has 0 spiro atoms. The number of anilines is 1. The van der Waals surface area contributed by atoms with E-state index >= 15 is 0 Å². The Morgan fingerprint density at radius 2 is 1.71 bits per heavy atom. The van der Waals surface area contributed by atoms with Crippen LogP contribution in [0.25, 0.3) is 0 Å². The third-order valence-electron chi connectivity index (χ3n) is 7.13. The molecular formula is C31H30F7N3O4. The Morgan fingerprint density at radius 3 is 2.38 bits per heavy atom. The normalized spacial score (nSPS) is 17.4. The summed E-state index contributed by atoms with van der Waals surface area (Å²) >= 11 is 0. The van der Waals surface area contributed by atoms with E-state index in [2.05, 4.69) is 10.6 Å². The van der Waals surface area contributed by atoms with Crippen molar-refractivity contribution in [1.82, 2.24) is 10.6 Å². The summed E-state index contributed by atoms with van der Waals surface area (Å²) in [6.07, 6.45) is -5.98. The lowest BCUT2D eigenvalue weighted by Gasteiger charge is -2.30. The van der Waals surface area contributed by atoms with Crippen molar-refractivity contribution in [2.75, 3.05) is 31.6 Å². The summed E-state index contributed by atoms with van der Waals surface area (Å²) < 4.78 is 104. The first kappa shape index (κ1) is 33.7. The van der Waals surface area contributed by atoms with Gasteiger partial charge in [-0.1, -0.05) is 24.3 Å². The van der Waals surface area contributed by atoms with E-state index in [0.29, 0.717) is 18.1 Å². The van der Waals surface area contributed by atoms with E-state index in [9.17, 15) is 40.3 Å². The highest BCUT2D eigenvalue weighted by Gasteiger charge is 2.29. The second-order valence-electron chi connectivity index (χ2n) is 10.5. The second kappa shape index (κ2) is 15.2. The number of nitrogens with one attached hydrogen (secondary N) is 3. The van der Waals surface area contributed by atoms with Gasteiger partial charge in [-0.25, -0.2) is 22.4 Å². The third-order valence-corrected chi connectivity index (χ3v) is 7.13. The Hall–Kier alpha value is -4.17. The van der Waals surface area contributed by atoms with Crippen LogP contribution < -0.4 is 16.0 Å². The van der Waals surface area contributed by atoms with Crippen molar-refractivity contribution in [3.05, 3.63) is 101 Å². The highest BCUT2D eigenvalue weighted by molar-refractivity contribution is 5.92. The summed E-state index contributed by atoms with van der Waals surface area (Å²) in [7, 11) is 0. The molecule has 0 aromatic heterocycles. The summed E-state index contributed by atoms with van der Waals surface area (Å²) in [4.78, 5) is 24.6. The van der Waals surface area contributed by atoms with E-state index in [-0.39, 0.29) is 55.5 Å². The SMILES string of the molecule is O=C(C[C@@H](c1ccc(F)cc1)c1ccc(F)cc1F)Nc1cccc(F)c1CC[C@@H]1CN[C@H](COC(=O)NCC(F)(F)F)CO1. The molecule has 1 fully saturated rings. The molecule has 1 saturated heterocycles. The molecule has 4 rings (SSSR count). The van der Waals surface area contributed by atoms with Crippen molar-refractivity contribution in [1.29, 1.82) is 0 Å². The lowest BCUT2D eigenvalue weighted by molar-refractivity contribution is -0.124. The molecule has 0 unspecified atom stereocenters. The number of alkyl carbamates (subject to hydrolysis) is 1. The number of alkyl halides is 3. The van der Waals surface area contributed by atoms with Crippen LogP contribution in [0.3, 0.4) is 0 Å². The molecule has 3 atom stereocenters. The molecule has 0 bridgehead atoms. The Bertz CT molecular complexity index is 1460. The number of morpholine rings is 1. The number of hydrogen-bond donors (Lipinski definition) is 3. The molecule has 0 saturated carbocycles. The molecule has 2 amide bonds. The minimum Gasteiger partial charge on any atom is -0.448 e. The Kier molecular flexibility index (Phi) is 11.4. The molecule has 1 aliphatic rings. The van der Waals surface area contributed by atoms with Crippen molar-refractivity contribution in [2.24, 2.45) is 0 Å². The van der Waals surface area contributed by atoms with Gasteiger partial charge in [0.05, 0.1) is 18.8 Å². The smallest absolute Gasteiger partial charge is 0.407 e. The van der Waals surface area contributed by atoms with Gasteiger partial charge in [0.1, 0.15) is 36.4 Å². The zero-order valence-electron chi connectivity index (χ0n) is 23.7. The summed E-state index contributed by atoms with van der Waals surface area (Å²) in [6.45, 7) is -1.36. The van der Waals surface area contributed by atoms with Gasteiger partial charge in [0.25, 0.3) is 0 Å². The zero-order valence-corrected chi connectivity index (χ0v) is 23.7. The highest BCUT2D eigenvalue weighted by Crippen LogP contribution is 2.32. The zero-order chi connectivity index (χ0) is 32.6. The van der Waals surface area contributed by atoms with Gasteiger partial charge in [-0.3, -0.25) is 4.79 Å². The predicted molar refractivity (Wildman–Crippen MR) is 150 cm³/mol. The van der Waals surface area contributed by atoms with Crippen LogP contribution in [-0.4, -0.2) is 56.6 Å². The minimum absolute atomic E-state index is 0.0326. The first-order chi connectivity index (χ1) is 21.4. The van der Waals surface area contributed by atoms with Crippen LogP contribution in [0, 0.1) is 23.3 Å². The molecule has 3 aromatic rings. The molecule has 242 valence electrons. The third kappa shape index (κ3) is 10.2. The van der Waals surface area contributed by atoms with Gasteiger partial charge in [0.2, 0.25) is 5.91 Å². The molecule has 3 N–H and O–H groups in total. The van der Waals surface area contributed by atoms with Crippen LogP contribution in [0.1, 0.15) is 35.4 Å². The van der Waals surface area contributed by atoms with E-state index < -0.39 is 60.0 Å². The molecule has 3 aromatic carbocycles. The maximum atomic E-state index is 14.9. The summed E-state index contributed by atoms with van der Waals surface area (Å²) in [5.41, 5.74) is 0.846. The van der Waals surface area contributed by atoms with Gasteiger partial charge < -0.3 is 25.4 Å². The first-order valence-corrected chi connectivity index (χ1v) is 14.0. The summed E-state index contributed by atoms with van der Waals surface area (Å²) in [5.74, 6) is -4.25. The fourth-order valence-corrected chi connectivity index (χ4v) is 4.87. The van der Waals surface area contributed by atoms with Crippen LogP contribution in [0.15, 0.2) is 60.7 Å². The van der Waals surface area contributed by atoms with Crippen molar-refractivity contribution in [3.63, 3.8) is 0 Å².